The van der Waals surface area contributed by atoms with Gasteiger partial charge < -0.3 is 8.83 Å². The molecule has 0 atom stereocenters. The van der Waals surface area contributed by atoms with E-state index >= 15 is 0 Å². The van der Waals surface area contributed by atoms with Crippen molar-refractivity contribution in [1.29, 1.82) is 0 Å². The van der Waals surface area contributed by atoms with E-state index in [-0.39, 0.29) is 5.41 Å². The lowest BCUT2D eigenvalue weighted by molar-refractivity contribution is 0.661. The number of aromatic nitrogens is 2. The quantitative estimate of drug-likeness (QED) is 0.174. The lowest BCUT2D eigenvalue weighted by atomic mass is 9.81. The second kappa shape index (κ2) is 13.5. The first-order valence-corrected chi connectivity index (χ1v) is 21.5. The van der Waals surface area contributed by atoms with E-state index in [0.29, 0.717) is 5.82 Å². The van der Waals surface area contributed by atoms with Gasteiger partial charge in [-0.3, -0.25) is 0 Å². The monoisotopic (exact) mass is 806 g/mol. The Bertz CT molecular complexity index is 3820. The molecule has 63 heavy (non-hydrogen) atoms. The van der Waals surface area contributed by atoms with E-state index in [1.807, 2.05) is 36.4 Å². The third kappa shape index (κ3) is 5.54. The van der Waals surface area contributed by atoms with Gasteiger partial charge in [0.05, 0.1) is 11.4 Å². The summed E-state index contributed by atoms with van der Waals surface area (Å²) in [6, 6.07) is 68.9. The number of nitrogens with zero attached hydrogens (tertiary/aromatic N) is 2. The number of hydrogen-bond acceptors (Lipinski definition) is 4. The minimum Gasteiger partial charge on any atom is -0.456 e. The van der Waals surface area contributed by atoms with E-state index in [2.05, 4.69) is 172 Å². The van der Waals surface area contributed by atoms with Crippen LogP contribution in [0.4, 0.5) is 0 Å². The molecule has 3 aromatic heterocycles. The number of furan rings is 2. The summed E-state index contributed by atoms with van der Waals surface area (Å²) < 4.78 is 12.7. The first-order chi connectivity index (χ1) is 30.9. The molecule has 0 aliphatic heterocycles. The van der Waals surface area contributed by atoms with Crippen molar-refractivity contribution < 1.29 is 8.83 Å². The fourth-order valence-electron chi connectivity index (χ4n) is 10.1. The average Bonchev–Trinajstić information content (AvgIpc) is 3.96. The first-order valence-electron chi connectivity index (χ1n) is 21.5. The normalized spacial score (nSPS) is 13.0. The third-order valence-electron chi connectivity index (χ3n) is 13.3. The summed E-state index contributed by atoms with van der Waals surface area (Å²) in [6.07, 6.45) is 0. The number of benzene rings is 9. The second-order valence-corrected chi connectivity index (χ2v) is 17.3. The molecule has 1 aliphatic rings. The Kier molecular flexibility index (Phi) is 7.62. The van der Waals surface area contributed by atoms with E-state index in [1.165, 1.54) is 44.2 Å². The van der Waals surface area contributed by atoms with E-state index in [1.54, 1.807) is 0 Å². The summed E-state index contributed by atoms with van der Waals surface area (Å²) in [7, 11) is 0. The van der Waals surface area contributed by atoms with Crippen LogP contribution in [0.3, 0.4) is 0 Å². The highest BCUT2D eigenvalue weighted by molar-refractivity contribution is 6.15. The zero-order valence-electron chi connectivity index (χ0n) is 34.7. The topological polar surface area (TPSA) is 52.1 Å². The highest BCUT2D eigenvalue weighted by Crippen LogP contribution is 2.53. The molecule has 0 saturated heterocycles. The van der Waals surface area contributed by atoms with Crippen LogP contribution in [0.25, 0.3) is 122 Å². The maximum absolute atomic E-state index is 6.45. The van der Waals surface area contributed by atoms with Crippen molar-refractivity contribution in [1.82, 2.24) is 9.97 Å². The van der Waals surface area contributed by atoms with Gasteiger partial charge in [0.15, 0.2) is 5.82 Å². The van der Waals surface area contributed by atoms with Gasteiger partial charge >= 0.3 is 0 Å². The first kappa shape index (κ1) is 35.7. The molecule has 0 bridgehead atoms. The summed E-state index contributed by atoms with van der Waals surface area (Å²) in [4.78, 5) is 10.5. The molecule has 296 valence electrons. The molecule has 1 aliphatic carbocycles. The Balaban J connectivity index is 0.921. The number of para-hydroxylation sites is 1. The molecule has 0 unspecified atom stereocenters. The van der Waals surface area contributed by atoms with Crippen LogP contribution in [0.2, 0.25) is 0 Å². The molecule has 0 fully saturated rings. The van der Waals surface area contributed by atoms with Crippen molar-refractivity contribution in [2.75, 3.05) is 0 Å². The summed E-state index contributed by atoms with van der Waals surface area (Å²) in [5.41, 5.74) is 18.0. The van der Waals surface area contributed by atoms with Gasteiger partial charge in [-0.15, -0.1) is 0 Å². The van der Waals surface area contributed by atoms with Gasteiger partial charge in [0.25, 0.3) is 0 Å². The highest BCUT2D eigenvalue weighted by atomic mass is 16.3. The Labute approximate surface area is 363 Å². The minimum atomic E-state index is -0.105. The van der Waals surface area contributed by atoms with Gasteiger partial charge in [-0.25, -0.2) is 9.97 Å². The van der Waals surface area contributed by atoms with Crippen molar-refractivity contribution in [3.8, 4) is 67.3 Å². The number of hydrogen-bond donors (Lipinski definition) is 0. The van der Waals surface area contributed by atoms with Gasteiger partial charge in [-0.05, 0) is 104 Å². The standard InChI is InChI=1S/C59H38N2O2/c1-59(2)49-21-12-20-42(57(49)48-29-38-15-6-7-16-39(38)31-50(48)59)35-23-25-36(26-24-35)51-34-52(61-58(60-51)37-13-4-3-5-14-37)43-18-9-8-17-41(43)40-27-28-54-45(30-40)47-33-55-46(32-56(47)63-54)44-19-10-11-22-53(44)62-55/h3-34H,1-2H3. The molecule has 0 N–H and O–H groups in total. The molecule has 0 radical (unpaired) electrons. The summed E-state index contributed by atoms with van der Waals surface area (Å²) in [5, 5.41) is 6.75. The predicted octanol–water partition coefficient (Wildman–Crippen LogP) is 16.1. The van der Waals surface area contributed by atoms with E-state index in [9.17, 15) is 0 Å². The van der Waals surface area contributed by atoms with Crippen molar-refractivity contribution in [3.05, 3.63) is 205 Å². The van der Waals surface area contributed by atoms with E-state index in [4.69, 9.17) is 18.8 Å². The molecule has 12 aromatic rings. The lowest BCUT2D eigenvalue weighted by Crippen LogP contribution is -2.14. The smallest absolute Gasteiger partial charge is 0.160 e. The summed E-state index contributed by atoms with van der Waals surface area (Å²) in [5.74, 6) is 0.681. The fourth-order valence-corrected chi connectivity index (χ4v) is 10.1. The minimum absolute atomic E-state index is 0.105. The maximum Gasteiger partial charge on any atom is 0.160 e. The Hall–Kier alpha value is -8.08. The molecular formula is C59H38N2O2. The van der Waals surface area contributed by atoms with Gasteiger partial charge in [0.2, 0.25) is 0 Å². The van der Waals surface area contributed by atoms with Gasteiger partial charge in [-0.1, -0.05) is 159 Å². The van der Waals surface area contributed by atoms with Crippen molar-refractivity contribution in [2.24, 2.45) is 0 Å². The Morgan fingerprint density at radius 1 is 0.349 bits per heavy atom. The number of rotatable bonds is 5. The van der Waals surface area contributed by atoms with Crippen LogP contribution in [-0.2, 0) is 5.41 Å². The molecule has 3 heterocycles. The van der Waals surface area contributed by atoms with Crippen LogP contribution in [0, 0.1) is 0 Å². The lowest BCUT2D eigenvalue weighted by Gasteiger charge is -2.22. The maximum atomic E-state index is 6.45. The SMILES string of the molecule is CC1(C)c2cc3ccccc3cc2-c2c(-c3ccc(-c4cc(-c5ccccc5-c5ccc6oc7cc8c(cc7c6c5)oc5ccccc58)nc(-c5ccccc5)n4)cc3)cccc21. The van der Waals surface area contributed by atoms with Crippen molar-refractivity contribution in [2.45, 2.75) is 19.3 Å². The second-order valence-electron chi connectivity index (χ2n) is 17.3. The van der Waals surface area contributed by atoms with Gasteiger partial charge in [-0.2, -0.15) is 0 Å². The molecule has 9 aromatic carbocycles. The molecule has 13 rings (SSSR count). The molecule has 4 heteroatoms. The zero-order chi connectivity index (χ0) is 41.8. The molecular weight excluding hydrogens is 769 g/mol. The Morgan fingerprint density at radius 3 is 1.76 bits per heavy atom. The molecule has 0 amide bonds. The van der Waals surface area contributed by atoms with Crippen LogP contribution in [0.15, 0.2) is 203 Å². The molecule has 4 nitrogen and oxygen atoms in total. The molecule has 0 saturated carbocycles. The highest BCUT2D eigenvalue weighted by Gasteiger charge is 2.37. The third-order valence-corrected chi connectivity index (χ3v) is 13.3. The zero-order valence-corrected chi connectivity index (χ0v) is 34.7. The van der Waals surface area contributed by atoms with Gasteiger partial charge in [0, 0.05) is 43.7 Å². The van der Waals surface area contributed by atoms with Crippen LogP contribution >= 0.6 is 0 Å². The van der Waals surface area contributed by atoms with Crippen LogP contribution < -0.4 is 0 Å². The summed E-state index contributed by atoms with van der Waals surface area (Å²) in [6.45, 7) is 4.71. The van der Waals surface area contributed by atoms with Crippen LogP contribution in [0.5, 0.6) is 0 Å². The van der Waals surface area contributed by atoms with Crippen LogP contribution in [-0.4, -0.2) is 9.97 Å². The van der Waals surface area contributed by atoms with Crippen LogP contribution in [0.1, 0.15) is 25.0 Å². The van der Waals surface area contributed by atoms with Crippen molar-refractivity contribution >= 4 is 54.6 Å². The van der Waals surface area contributed by atoms with E-state index in [0.717, 1.165) is 83.1 Å². The predicted molar refractivity (Wildman–Crippen MR) is 259 cm³/mol. The fraction of sp³-hybridized carbons (Fsp3) is 0.0508. The summed E-state index contributed by atoms with van der Waals surface area (Å²) >= 11 is 0. The average molecular weight is 807 g/mol. The molecule has 0 spiro atoms. The number of fused-ring (bicyclic) bond motifs is 10. The van der Waals surface area contributed by atoms with Gasteiger partial charge in [0.1, 0.15) is 22.3 Å². The largest absolute Gasteiger partial charge is 0.456 e. The van der Waals surface area contributed by atoms with Crippen molar-refractivity contribution in [3.63, 3.8) is 0 Å². The Morgan fingerprint density at radius 2 is 0.952 bits per heavy atom. The van der Waals surface area contributed by atoms with E-state index < -0.39 is 0 Å².